The minimum Gasteiger partial charge on any atom is -0.395 e. The molecule has 0 aliphatic carbocycles. The van der Waals surface area contributed by atoms with Crippen molar-refractivity contribution < 1.29 is 5.11 Å². The fourth-order valence-corrected chi connectivity index (χ4v) is 1.90. The van der Waals surface area contributed by atoms with Gasteiger partial charge in [-0.05, 0) is 13.0 Å². The molecule has 0 spiro atoms. The molecule has 1 aromatic rings. The predicted octanol–water partition coefficient (Wildman–Crippen LogP) is 0.862. The van der Waals surface area contributed by atoms with Crippen LogP contribution in [-0.2, 0) is 0 Å². The molecule has 0 aliphatic heterocycles. The Bertz CT molecular complexity index is 228. The lowest BCUT2D eigenvalue weighted by Crippen LogP contribution is -2.35. The molecule has 0 saturated heterocycles. The van der Waals surface area contributed by atoms with Crippen molar-refractivity contribution in [1.29, 1.82) is 0 Å². The number of hydrogen-bond acceptors (Lipinski definition) is 4. The third kappa shape index (κ3) is 4.13. The Morgan fingerprint density at radius 2 is 2.57 bits per heavy atom. The van der Waals surface area contributed by atoms with Crippen LogP contribution in [0, 0.1) is 0 Å². The maximum Gasteiger partial charge on any atom is 0.165 e. The Morgan fingerprint density at radius 3 is 3.14 bits per heavy atom. The highest BCUT2D eigenvalue weighted by atomic mass is 32.2. The minimum atomic E-state index is 0.157. The van der Waals surface area contributed by atoms with Crippen molar-refractivity contribution in [2.45, 2.75) is 24.5 Å². The highest BCUT2D eigenvalue weighted by molar-refractivity contribution is 7.99. The van der Waals surface area contributed by atoms with Crippen molar-refractivity contribution in [2.24, 2.45) is 0 Å². The average molecular weight is 215 g/mol. The van der Waals surface area contributed by atoms with Crippen molar-refractivity contribution in [3.05, 3.63) is 12.4 Å². The van der Waals surface area contributed by atoms with E-state index in [2.05, 4.69) is 22.2 Å². The third-order valence-electron chi connectivity index (χ3n) is 1.80. The number of hydrogen-bond donors (Lipinski definition) is 3. The van der Waals surface area contributed by atoms with Gasteiger partial charge in [0.2, 0.25) is 0 Å². The van der Waals surface area contributed by atoms with Crippen molar-refractivity contribution >= 4 is 11.8 Å². The first-order valence-corrected chi connectivity index (χ1v) is 5.81. The summed E-state index contributed by atoms with van der Waals surface area (Å²) in [5.41, 5.74) is 0. The number of aromatic amines is 1. The van der Waals surface area contributed by atoms with Gasteiger partial charge in [-0.25, -0.2) is 4.98 Å². The van der Waals surface area contributed by atoms with Crippen LogP contribution in [0.1, 0.15) is 13.3 Å². The summed E-state index contributed by atoms with van der Waals surface area (Å²) in [5.74, 6) is 0.837. The largest absolute Gasteiger partial charge is 0.395 e. The molecule has 0 aliphatic rings. The Labute approximate surface area is 88.5 Å². The van der Waals surface area contributed by atoms with Crippen LogP contribution in [-0.4, -0.2) is 40.0 Å². The van der Waals surface area contributed by atoms with Gasteiger partial charge in [0.15, 0.2) is 5.16 Å². The van der Waals surface area contributed by atoms with E-state index in [0.717, 1.165) is 23.9 Å². The monoisotopic (exact) mass is 215 g/mol. The van der Waals surface area contributed by atoms with Gasteiger partial charge in [0.05, 0.1) is 6.61 Å². The topological polar surface area (TPSA) is 60.9 Å². The molecule has 1 rings (SSSR count). The first-order chi connectivity index (χ1) is 6.86. The molecule has 0 fully saturated rings. The van der Waals surface area contributed by atoms with Crippen LogP contribution in [0.2, 0.25) is 0 Å². The Morgan fingerprint density at radius 1 is 1.71 bits per heavy atom. The van der Waals surface area contributed by atoms with Gasteiger partial charge in [0.1, 0.15) is 0 Å². The first-order valence-electron chi connectivity index (χ1n) is 4.83. The highest BCUT2D eigenvalue weighted by Crippen LogP contribution is 2.12. The molecule has 0 bridgehead atoms. The summed E-state index contributed by atoms with van der Waals surface area (Å²) in [4.78, 5) is 7.12. The van der Waals surface area contributed by atoms with Gasteiger partial charge < -0.3 is 15.4 Å². The van der Waals surface area contributed by atoms with Gasteiger partial charge in [0, 0.05) is 24.2 Å². The summed E-state index contributed by atoms with van der Waals surface area (Å²) in [6, 6.07) is 0.157. The minimum absolute atomic E-state index is 0.157. The van der Waals surface area contributed by atoms with E-state index < -0.39 is 0 Å². The number of aromatic nitrogens is 2. The van der Waals surface area contributed by atoms with Gasteiger partial charge in [-0.15, -0.1) is 0 Å². The molecule has 14 heavy (non-hydrogen) atoms. The lowest BCUT2D eigenvalue weighted by molar-refractivity contribution is 0.254. The van der Waals surface area contributed by atoms with Crippen molar-refractivity contribution in [2.75, 3.05) is 18.9 Å². The molecule has 0 amide bonds. The molecule has 0 radical (unpaired) electrons. The van der Waals surface area contributed by atoms with Crippen LogP contribution in [0.15, 0.2) is 17.6 Å². The summed E-state index contributed by atoms with van der Waals surface area (Å²) in [5, 5.41) is 13.2. The van der Waals surface area contributed by atoms with E-state index in [4.69, 9.17) is 5.11 Å². The zero-order valence-corrected chi connectivity index (χ0v) is 9.18. The number of thioether (sulfide) groups is 1. The van der Waals surface area contributed by atoms with Gasteiger partial charge in [0.25, 0.3) is 0 Å². The quantitative estimate of drug-likeness (QED) is 0.590. The van der Waals surface area contributed by atoms with E-state index in [-0.39, 0.29) is 12.6 Å². The highest BCUT2D eigenvalue weighted by Gasteiger charge is 2.07. The van der Waals surface area contributed by atoms with E-state index >= 15 is 0 Å². The molecular formula is C9H17N3OS. The van der Waals surface area contributed by atoms with Crippen molar-refractivity contribution in [3.8, 4) is 0 Å². The normalized spacial score (nSPS) is 13.0. The second kappa shape index (κ2) is 6.86. The smallest absolute Gasteiger partial charge is 0.165 e. The van der Waals surface area contributed by atoms with E-state index in [9.17, 15) is 0 Å². The van der Waals surface area contributed by atoms with Gasteiger partial charge in [-0.2, -0.15) is 0 Å². The summed E-state index contributed by atoms with van der Waals surface area (Å²) in [6.45, 7) is 3.23. The summed E-state index contributed by atoms with van der Waals surface area (Å²) >= 11 is 1.62. The van der Waals surface area contributed by atoms with Crippen LogP contribution < -0.4 is 5.32 Å². The first kappa shape index (κ1) is 11.6. The van der Waals surface area contributed by atoms with Crippen LogP contribution in [0.4, 0.5) is 0 Å². The molecular weight excluding hydrogens is 198 g/mol. The van der Waals surface area contributed by atoms with E-state index in [1.54, 1.807) is 24.2 Å². The number of nitrogens with zero attached hydrogens (tertiary/aromatic N) is 1. The van der Waals surface area contributed by atoms with Crippen molar-refractivity contribution in [3.63, 3.8) is 0 Å². The fourth-order valence-electron chi connectivity index (χ4n) is 1.03. The number of aliphatic hydroxyl groups excluding tert-OH is 1. The van der Waals surface area contributed by atoms with E-state index in [1.807, 2.05) is 0 Å². The zero-order valence-electron chi connectivity index (χ0n) is 8.36. The molecule has 1 heterocycles. The second-order valence-corrected chi connectivity index (χ2v) is 4.05. The molecule has 1 atom stereocenters. The lowest BCUT2D eigenvalue weighted by atomic mass is 10.3. The Balaban J connectivity index is 2.20. The molecule has 0 aromatic carbocycles. The standard InChI is InChI=1S/C9H17N3OS/c1-2-3-10-8(6-13)7-14-9-11-4-5-12-9/h4-5,8,10,13H,2-3,6-7H2,1H3,(H,11,12). The van der Waals surface area contributed by atoms with Crippen LogP contribution >= 0.6 is 11.8 Å². The molecule has 80 valence electrons. The predicted molar refractivity (Wildman–Crippen MR) is 58.5 cm³/mol. The van der Waals surface area contributed by atoms with Crippen molar-refractivity contribution in [1.82, 2.24) is 15.3 Å². The van der Waals surface area contributed by atoms with Crippen LogP contribution in [0.3, 0.4) is 0 Å². The molecule has 0 saturated carbocycles. The Kier molecular flexibility index (Phi) is 5.66. The van der Waals surface area contributed by atoms with Crippen LogP contribution in [0.5, 0.6) is 0 Å². The van der Waals surface area contributed by atoms with E-state index in [0.29, 0.717) is 0 Å². The summed E-state index contributed by atoms with van der Waals surface area (Å²) < 4.78 is 0. The third-order valence-corrected chi connectivity index (χ3v) is 2.86. The Hall–Kier alpha value is -0.520. The SMILES string of the molecule is CCCNC(CO)CSc1ncc[nH]1. The zero-order chi connectivity index (χ0) is 10.2. The maximum absolute atomic E-state index is 9.07. The number of rotatable bonds is 7. The number of H-pyrrole nitrogens is 1. The second-order valence-electron chi connectivity index (χ2n) is 3.04. The molecule has 5 heteroatoms. The molecule has 1 unspecified atom stereocenters. The fraction of sp³-hybridized carbons (Fsp3) is 0.667. The number of nitrogens with one attached hydrogen (secondary N) is 2. The van der Waals surface area contributed by atoms with Gasteiger partial charge >= 0.3 is 0 Å². The lowest BCUT2D eigenvalue weighted by Gasteiger charge is -2.14. The van der Waals surface area contributed by atoms with Gasteiger partial charge in [-0.1, -0.05) is 18.7 Å². The summed E-state index contributed by atoms with van der Waals surface area (Å²) in [6.07, 6.45) is 4.62. The molecule has 1 aromatic heterocycles. The van der Waals surface area contributed by atoms with Gasteiger partial charge in [-0.3, -0.25) is 0 Å². The maximum atomic E-state index is 9.07. The average Bonchev–Trinajstić information content (AvgIpc) is 2.71. The molecule has 3 N–H and O–H groups in total. The number of imidazole rings is 1. The van der Waals surface area contributed by atoms with Crippen LogP contribution in [0.25, 0.3) is 0 Å². The molecule has 4 nitrogen and oxygen atoms in total. The number of aliphatic hydroxyl groups is 1. The summed E-state index contributed by atoms with van der Waals surface area (Å²) in [7, 11) is 0. The van der Waals surface area contributed by atoms with E-state index in [1.165, 1.54) is 0 Å².